The van der Waals surface area contributed by atoms with Crippen LogP contribution in [0.2, 0.25) is 0 Å². The highest BCUT2D eigenvalue weighted by atomic mass is 32.1. The van der Waals surface area contributed by atoms with Crippen LogP contribution in [0.1, 0.15) is 30.9 Å². The summed E-state index contributed by atoms with van der Waals surface area (Å²) in [6.45, 7) is 1.77. The molecule has 1 aliphatic rings. The SMILES string of the molecule is CC1CC(=O)N(Cc2cc(C(N)=S)ccc2F)C(=O)C1. The molecule has 2 N–H and O–H groups in total. The van der Waals surface area contributed by atoms with Crippen LogP contribution >= 0.6 is 12.2 Å². The summed E-state index contributed by atoms with van der Waals surface area (Å²) >= 11 is 4.84. The molecule has 0 bridgehead atoms. The van der Waals surface area contributed by atoms with Gasteiger partial charge in [0, 0.05) is 24.0 Å². The van der Waals surface area contributed by atoms with Crippen LogP contribution in [0.15, 0.2) is 18.2 Å². The second-order valence-electron chi connectivity index (χ2n) is 5.06. The second kappa shape index (κ2) is 5.66. The summed E-state index contributed by atoms with van der Waals surface area (Å²) < 4.78 is 13.8. The number of likely N-dealkylation sites (tertiary alicyclic amines) is 1. The van der Waals surface area contributed by atoms with Crippen LogP contribution in [0.4, 0.5) is 4.39 Å². The van der Waals surface area contributed by atoms with Crippen LogP contribution < -0.4 is 5.73 Å². The third kappa shape index (κ3) is 3.01. The number of imide groups is 1. The highest BCUT2D eigenvalue weighted by Gasteiger charge is 2.30. The van der Waals surface area contributed by atoms with Gasteiger partial charge in [0.2, 0.25) is 11.8 Å². The van der Waals surface area contributed by atoms with Crippen LogP contribution in [0, 0.1) is 11.7 Å². The third-order valence-electron chi connectivity index (χ3n) is 3.31. The molecule has 0 aliphatic carbocycles. The van der Waals surface area contributed by atoms with Gasteiger partial charge in [-0.05, 0) is 24.1 Å². The quantitative estimate of drug-likeness (QED) is 0.681. The maximum absolute atomic E-state index is 13.8. The number of halogens is 1. The van der Waals surface area contributed by atoms with Crippen molar-refractivity contribution in [3.05, 3.63) is 35.1 Å². The molecule has 1 aromatic rings. The fourth-order valence-electron chi connectivity index (χ4n) is 2.22. The Kier molecular flexibility index (Phi) is 4.13. The van der Waals surface area contributed by atoms with Gasteiger partial charge in [0.15, 0.2) is 0 Å². The number of hydrogen-bond donors (Lipinski definition) is 1. The van der Waals surface area contributed by atoms with Gasteiger partial charge in [0.1, 0.15) is 10.8 Å². The molecule has 0 unspecified atom stereocenters. The number of amides is 2. The molecule has 1 heterocycles. The van der Waals surface area contributed by atoms with Crippen LogP contribution in [0.25, 0.3) is 0 Å². The molecule has 6 heteroatoms. The van der Waals surface area contributed by atoms with Crippen LogP contribution in [0.5, 0.6) is 0 Å². The number of piperidine rings is 1. The number of rotatable bonds is 3. The minimum Gasteiger partial charge on any atom is -0.389 e. The Balaban J connectivity index is 2.25. The Morgan fingerprint density at radius 2 is 2.00 bits per heavy atom. The first-order chi connectivity index (χ1) is 9.38. The van der Waals surface area contributed by atoms with E-state index in [4.69, 9.17) is 18.0 Å². The van der Waals surface area contributed by atoms with E-state index in [1.54, 1.807) is 0 Å². The Labute approximate surface area is 121 Å². The molecule has 0 atom stereocenters. The Morgan fingerprint density at radius 1 is 1.40 bits per heavy atom. The van der Waals surface area contributed by atoms with E-state index in [1.807, 2.05) is 6.92 Å². The first kappa shape index (κ1) is 14.6. The Bertz CT molecular complexity index is 571. The minimum atomic E-state index is -0.482. The van der Waals surface area contributed by atoms with E-state index >= 15 is 0 Å². The van der Waals surface area contributed by atoms with Crippen molar-refractivity contribution < 1.29 is 14.0 Å². The van der Waals surface area contributed by atoms with Gasteiger partial charge in [-0.3, -0.25) is 14.5 Å². The van der Waals surface area contributed by atoms with Crippen LogP contribution in [0.3, 0.4) is 0 Å². The lowest BCUT2D eigenvalue weighted by Crippen LogP contribution is -2.42. The largest absolute Gasteiger partial charge is 0.389 e. The zero-order valence-corrected chi connectivity index (χ0v) is 11.9. The first-order valence-electron chi connectivity index (χ1n) is 6.30. The zero-order valence-electron chi connectivity index (χ0n) is 11.1. The van der Waals surface area contributed by atoms with E-state index < -0.39 is 5.82 Å². The van der Waals surface area contributed by atoms with Crippen molar-refractivity contribution in [3.63, 3.8) is 0 Å². The summed E-state index contributed by atoms with van der Waals surface area (Å²) in [4.78, 5) is 25.0. The second-order valence-corrected chi connectivity index (χ2v) is 5.50. The van der Waals surface area contributed by atoms with Crippen molar-refractivity contribution in [3.8, 4) is 0 Å². The summed E-state index contributed by atoms with van der Waals surface area (Å²) in [6, 6.07) is 4.20. The number of carbonyl (C=O) groups is 2. The maximum atomic E-state index is 13.8. The fraction of sp³-hybridized carbons (Fsp3) is 0.357. The van der Waals surface area contributed by atoms with Crippen molar-refractivity contribution in [2.24, 2.45) is 11.7 Å². The fourth-order valence-corrected chi connectivity index (χ4v) is 2.35. The van der Waals surface area contributed by atoms with Gasteiger partial charge in [-0.2, -0.15) is 0 Å². The predicted octanol–water partition coefficient (Wildman–Crippen LogP) is 1.75. The number of carbonyl (C=O) groups excluding carboxylic acids is 2. The lowest BCUT2D eigenvalue weighted by molar-refractivity contribution is -0.150. The van der Waals surface area contributed by atoms with Gasteiger partial charge < -0.3 is 5.73 Å². The molecular weight excluding hydrogens is 279 g/mol. The maximum Gasteiger partial charge on any atom is 0.229 e. The Hall–Kier alpha value is -1.82. The smallest absolute Gasteiger partial charge is 0.229 e. The molecule has 1 aromatic carbocycles. The van der Waals surface area contributed by atoms with Crippen molar-refractivity contribution in [2.45, 2.75) is 26.3 Å². The van der Waals surface area contributed by atoms with E-state index in [2.05, 4.69) is 0 Å². The predicted molar refractivity (Wildman–Crippen MR) is 76.2 cm³/mol. The molecule has 106 valence electrons. The molecule has 0 radical (unpaired) electrons. The molecule has 4 nitrogen and oxygen atoms in total. The molecule has 2 rings (SSSR count). The van der Waals surface area contributed by atoms with E-state index in [0.717, 1.165) is 4.90 Å². The molecule has 1 fully saturated rings. The van der Waals surface area contributed by atoms with Gasteiger partial charge >= 0.3 is 0 Å². The van der Waals surface area contributed by atoms with E-state index in [0.29, 0.717) is 18.4 Å². The van der Waals surface area contributed by atoms with E-state index in [-0.39, 0.29) is 34.8 Å². The average Bonchev–Trinajstić information content (AvgIpc) is 2.35. The standard InChI is InChI=1S/C14H15FN2O2S/c1-8-4-12(18)17(13(19)5-8)7-10-6-9(14(16)20)2-3-11(10)15/h2-3,6,8H,4-5,7H2,1H3,(H2,16,20). The zero-order chi connectivity index (χ0) is 14.9. The van der Waals surface area contributed by atoms with Crippen molar-refractivity contribution >= 4 is 29.0 Å². The van der Waals surface area contributed by atoms with E-state index in [9.17, 15) is 14.0 Å². The van der Waals surface area contributed by atoms with Crippen LogP contribution in [-0.4, -0.2) is 21.7 Å². The third-order valence-corrected chi connectivity index (χ3v) is 3.54. The van der Waals surface area contributed by atoms with Crippen LogP contribution in [-0.2, 0) is 16.1 Å². The lowest BCUT2D eigenvalue weighted by atomic mass is 9.97. The van der Waals surface area contributed by atoms with Gasteiger partial charge in [0.25, 0.3) is 0 Å². The van der Waals surface area contributed by atoms with Crippen molar-refractivity contribution in [1.29, 1.82) is 0 Å². The van der Waals surface area contributed by atoms with Gasteiger partial charge in [-0.25, -0.2) is 4.39 Å². The summed E-state index contributed by atoms with van der Waals surface area (Å²) in [5, 5.41) is 0. The minimum absolute atomic E-state index is 0.0408. The van der Waals surface area contributed by atoms with Gasteiger partial charge in [-0.1, -0.05) is 19.1 Å². The number of nitrogens with zero attached hydrogens (tertiary/aromatic N) is 1. The molecule has 0 aromatic heterocycles. The monoisotopic (exact) mass is 294 g/mol. The summed E-state index contributed by atoms with van der Waals surface area (Å²) in [6.07, 6.45) is 0.616. The molecule has 20 heavy (non-hydrogen) atoms. The molecule has 0 saturated carbocycles. The number of nitrogens with two attached hydrogens (primary N) is 1. The first-order valence-corrected chi connectivity index (χ1v) is 6.70. The normalized spacial score (nSPS) is 16.6. The van der Waals surface area contributed by atoms with Gasteiger partial charge in [-0.15, -0.1) is 0 Å². The molecule has 1 aliphatic heterocycles. The number of hydrogen-bond acceptors (Lipinski definition) is 3. The summed E-state index contributed by atoms with van der Waals surface area (Å²) in [7, 11) is 0. The number of thiocarbonyl (C=S) groups is 1. The highest BCUT2D eigenvalue weighted by molar-refractivity contribution is 7.80. The average molecular weight is 294 g/mol. The summed E-state index contributed by atoms with van der Waals surface area (Å²) in [5.41, 5.74) is 6.26. The van der Waals surface area contributed by atoms with Crippen molar-refractivity contribution in [1.82, 2.24) is 4.90 Å². The van der Waals surface area contributed by atoms with Gasteiger partial charge in [0.05, 0.1) is 6.54 Å². The molecule has 2 amide bonds. The Morgan fingerprint density at radius 3 is 2.55 bits per heavy atom. The van der Waals surface area contributed by atoms with E-state index in [1.165, 1.54) is 18.2 Å². The molecule has 0 spiro atoms. The number of benzene rings is 1. The molecule has 1 saturated heterocycles. The lowest BCUT2D eigenvalue weighted by Gasteiger charge is -2.28. The molecular formula is C14H15FN2O2S. The topological polar surface area (TPSA) is 63.4 Å². The van der Waals surface area contributed by atoms with Crippen molar-refractivity contribution in [2.75, 3.05) is 0 Å². The highest BCUT2D eigenvalue weighted by Crippen LogP contribution is 2.22. The summed E-state index contributed by atoms with van der Waals surface area (Å²) in [5.74, 6) is -0.981.